The van der Waals surface area contributed by atoms with E-state index < -0.39 is 0 Å². The fourth-order valence-electron chi connectivity index (χ4n) is 1.47. The Hall–Kier alpha value is -1.84. The number of benzene rings is 1. The first-order valence-electron chi connectivity index (χ1n) is 4.86. The fraction of sp³-hybridized carbons (Fsp3) is 0.273. The summed E-state index contributed by atoms with van der Waals surface area (Å²) < 4.78 is 0. The smallest absolute Gasteiger partial charge is 0.248 e. The Bertz CT molecular complexity index is 384. The van der Waals surface area contributed by atoms with Crippen molar-refractivity contribution in [2.45, 2.75) is 12.8 Å². The second kappa shape index (κ2) is 4.13. The number of rotatable bonds is 3. The van der Waals surface area contributed by atoms with Crippen molar-refractivity contribution in [2.24, 2.45) is 5.10 Å². The summed E-state index contributed by atoms with van der Waals surface area (Å²) in [6.45, 7) is 0.597. The molecule has 0 aromatic heterocycles. The molecule has 1 aliphatic heterocycles. The van der Waals surface area contributed by atoms with Crippen molar-refractivity contribution in [3.8, 4) is 5.75 Å². The number of hydrogen-bond acceptors (Lipinski definition) is 3. The molecule has 4 heteroatoms. The van der Waals surface area contributed by atoms with Gasteiger partial charge in [0.2, 0.25) is 5.91 Å². The van der Waals surface area contributed by atoms with Crippen LogP contribution in [0.1, 0.15) is 12.0 Å². The molecule has 0 aliphatic carbocycles. The topological polar surface area (TPSA) is 52.9 Å². The monoisotopic (exact) mass is 204 g/mol. The maximum atomic E-state index is 11.2. The van der Waals surface area contributed by atoms with Crippen LogP contribution in [0, 0.1) is 0 Å². The van der Waals surface area contributed by atoms with E-state index in [9.17, 15) is 4.79 Å². The molecule has 0 spiro atoms. The number of phenols is 1. The number of phenolic OH excluding ortho intramolecular Hbond substituents is 1. The maximum absolute atomic E-state index is 11.2. The summed E-state index contributed by atoms with van der Waals surface area (Å²) >= 11 is 0. The summed E-state index contributed by atoms with van der Waals surface area (Å²) in [5.74, 6) is 0.308. The van der Waals surface area contributed by atoms with Gasteiger partial charge in [0.1, 0.15) is 5.75 Å². The van der Waals surface area contributed by atoms with Crippen LogP contribution in [0.15, 0.2) is 29.4 Å². The molecule has 1 heterocycles. The lowest BCUT2D eigenvalue weighted by Gasteiger charge is -2.11. The number of carbonyl (C=O) groups is 1. The Kier molecular flexibility index (Phi) is 2.67. The fourth-order valence-corrected chi connectivity index (χ4v) is 1.47. The molecule has 2 rings (SSSR count). The first kappa shape index (κ1) is 9.71. The van der Waals surface area contributed by atoms with Crippen LogP contribution in [0.3, 0.4) is 0 Å². The van der Waals surface area contributed by atoms with Crippen LogP contribution in [-0.2, 0) is 11.2 Å². The predicted octanol–water partition coefficient (Wildman–Crippen LogP) is 1.15. The third-order valence-electron chi connectivity index (χ3n) is 2.32. The van der Waals surface area contributed by atoms with E-state index in [-0.39, 0.29) is 11.7 Å². The molecule has 0 saturated heterocycles. The molecule has 0 unspecified atom stereocenters. The number of hydrazone groups is 1. The Morgan fingerprint density at radius 1 is 1.33 bits per heavy atom. The quantitative estimate of drug-likeness (QED) is 0.803. The Balaban J connectivity index is 1.90. The zero-order chi connectivity index (χ0) is 10.7. The van der Waals surface area contributed by atoms with Crippen molar-refractivity contribution < 1.29 is 9.90 Å². The Morgan fingerprint density at radius 3 is 2.67 bits per heavy atom. The Labute approximate surface area is 87.8 Å². The van der Waals surface area contributed by atoms with E-state index in [1.54, 1.807) is 18.3 Å². The van der Waals surface area contributed by atoms with Gasteiger partial charge in [-0.05, 0) is 24.1 Å². The molecule has 0 bridgehead atoms. The van der Waals surface area contributed by atoms with E-state index in [1.165, 1.54) is 5.01 Å². The lowest BCUT2D eigenvalue weighted by molar-refractivity contribution is -0.128. The molecule has 15 heavy (non-hydrogen) atoms. The van der Waals surface area contributed by atoms with Crippen LogP contribution >= 0.6 is 0 Å². The average molecular weight is 204 g/mol. The van der Waals surface area contributed by atoms with Gasteiger partial charge < -0.3 is 5.11 Å². The number of nitrogens with zero attached hydrogens (tertiary/aromatic N) is 2. The molecule has 78 valence electrons. The van der Waals surface area contributed by atoms with Crippen LogP contribution in [0.5, 0.6) is 5.75 Å². The van der Waals surface area contributed by atoms with Crippen LogP contribution in [0.2, 0.25) is 0 Å². The minimum absolute atomic E-state index is 0.0498. The maximum Gasteiger partial charge on any atom is 0.248 e. The van der Waals surface area contributed by atoms with Crippen LogP contribution < -0.4 is 0 Å². The highest BCUT2D eigenvalue weighted by molar-refractivity contribution is 5.93. The van der Waals surface area contributed by atoms with E-state index in [4.69, 9.17) is 5.11 Å². The molecule has 1 amide bonds. The van der Waals surface area contributed by atoms with E-state index in [2.05, 4.69) is 5.10 Å². The van der Waals surface area contributed by atoms with E-state index in [1.807, 2.05) is 12.1 Å². The predicted molar refractivity (Wildman–Crippen MR) is 56.6 cm³/mol. The highest BCUT2D eigenvalue weighted by Crippen LogP contribution is 2.11. The van der Waals surface area contributed by atoms with Gasteiger partial charge in [0, 0.05) is 12.8 Å². The zero-order valence-corrected chi connectivity index (χ0v) is 8.26. The lowest BCUT2D eigenvalue weighted by atomic mass is 10.1. The van der Waals surface area contributed by atoms with Crippen LogP contribution in [0.25, 0.3) is 0 Å². The average Bonchev–Trinajstić information content (AvgIpc) is 2.63. The molecule has 4 nitrogen and oxygen atoms in total. The van der Waals surface area contributed by atoms with Gasteiger partial charge in [0.15, 0.2) is 0 Å². The van der Waals surface area contributed by atoms with Gasteiger partial charge in [-0.2, -0.15) is 5.10 Å². The highest BCUT2D eigenvalue weighted by atomic mass is 16.3. The second-order valence-electron chi connectivity index (χ2n) is 3.44. The van der Waals surface area contributed by atoms with Gasteiger partial charge in [-0.1, -0.05) is 12.1 Å². The lowest BCUT2D eigenvalue weighted by Crippen LogP contribution is -2.23. The number of amides is 1. The molecule has 1 N–H and O–H groups in total. The standard InChI is InChI=1S/C11H12N2O2/c14-10-3-1-9(2-4-10)6-8-13-11(15)5-7-12-13/h1-4,7,14H,5-6,8H2. The van der Waals surface area contributed by atoms with Gasteiger partial charge in [0.25, 0.3) is 0 Å². The summed E-state index contributed by atoms with van der Waals surface area (Å²) in [5.41, 5.74) is 1.09. The number of carbonyl (C=O) groups excluding carboxylic acids is 1. The van der Waals surface area contributed by atoms with Crippen LogP contribution in [-0.4, -0.2) is 28.8 Å². The minimum atomic E-state index is 0.0498. The van der Waals surface area contributed by atoms with Crippen molar-refractivity contribution in [3.63, 3.8) is 0 Å². The SMILES string of the molecule is O=C1CC=NN1CCc1ccc(O)cc1. The third kappa shape index (κ3) is 2.34. The minimum Gasteiger partial charge on any atom is -0.508 e. The van der Waals surface area contributed by atoms with E-state index in [0.29, 0.717) is 13.0 Å². The van der Waals surface area contributed by atoms with Crippen molar-refractivity contribution in [3.05, 3.63) is 29.8 Å². The summed E-state index contributed by atoms with van der Waals surface area (Å²) in [7, 11) is 0. The molecule has 0 saturated carbocycles. The second-order valence-corrected chi connectivity index (χ2v) is 3.44. The van der Waals surface area contributed by atoms with Gasteiger partial charge in [0.05, 0.1) is 6.42 Å². The molecule has 0 atom stereocenters. The van der Waals surface area contributed by atoms with Gasteiger partial charge in [-0.3, -0.25) is 4.79 Å². The molecule has 0 fully saturated rings. The van der Waals surface area contributed by atoms with Crippen molar-refractivity contribution >= 4 is 12.1 Å². The van der Waals surface area contributed by atoms with E-state index in [0.717, 1.165) is 12.0 Å². The molecule has 1 aromatic rings. The summed E-state index contributed by atoms with van der Waals surface area (Å²) in [4.78, 5) is 11.2. The molecule has 1 aromatic carbocycles. The Morgan fingerprint density at radius 2 is 2.07 bits per heavy atom. The molecule has 0 radical (unpaired) electrons. The van der Waals surface area contributed by atoms with Gasteiger partial charge in [-0.15, -0.1) is 0 Å². The summed E-state index contributed by atoms with van der Waals surface area (Å²) in [5, 5.41) is 14.5. The van der Waals surface area contributed by atoms with E-state index >= 15 is 0 Å². The number of hydrogen-bond donors (Lipinski definition) is 1. The molecule has 1 aliphatic rings. The van der Waals surface area contributed by atoms with Gasteiger partial charge in [-0.25, -0.2) is 5.01 Å². The molecular weight excluding hydrogens is 192 g/mol. The van der Waals surface area contributed by atoms with Crippen LogP contribution in [0.4, 0.5) is 0 Å². The molecular formula is C11H12N2O2. The van der Waals surface area contributed by atoms with Crippen molar-refractivity contribution in [1.82, 2.24) is 5.01 Å². The van der Waals surface area contributed by atoms with Crippen molar-refractivity contribution in [2.75, 3.05) is 6.54 Å². The first-order chi connectivity index (χ1) is 7.25. The highest BCUT2D eigenvalue weighted by Gasteiger charge is 2.15. The zero-order valence-electron chi connectivity index (χ0n) is 8.26. The third-order valence-corrected chi connectivity index (χ3v) is 2.32. The first-order valence-corrected chi connectivity index (χ1v) is 4.86. The summed E-state index contributed by atoms with van der Waals surface area (Å²) in [6.07, 6.45) is 2.79. The number of aromatic hydroxyl groups is 1. The largest absolute Gasteiger partial charge is 0.508 e. The normalized spacial score (nSPS) is 14.9. The summed E-state index contributed by atoms with van der Waals surface area (Å²) in [6, 6.07) is 6.98. The van der Waals surface area contributed by atoms with Crippen molar-refractivity contribution in [1.29, 1.82) is 0 Å². The van der Waals surface area contributed by atoms with Gasteiger partial charge >= 0.3 is 0 Å².